The molecule has 78 valence electrons. The molecule has 13 heavy (non-hydrogen) atoms. The van der Waals surface area contributed by atoms with Gasteiger partial charge in [0.15, 0.2) is 0 Å². The fraction of sp³-hybridized carbons (Fsp3) is 1.00. The minimum atomic E-state index is -4.36. The minimum Gasteiger partial charge on any atom is -0.372 e. The smallest absolute Gasteiger partial charge is 0.295 e. The predicted molar refractivity (Wildman–Crippen MR) is 52.2 cm³/mol. The molecule has 0 bridgehead atoms. The Morgan fingerprint density at radius 3 is 2.15 bits per heavy atom. The first-order chi connectivity index (χ1) is 5.66. The quantitative estimate of drug-likeness (QED) is 0.645. The summed E-state index contributed by atoms with van der Waals surface area (Å²) in [7, 11) is -4.36. The maximum atomic E-state index is 10.9. The molecule has 1 aliphatic rings. The van der Waals surface area contributed by atoms with E-state index in [-0.39, 0.29) is 17.6 Å². The summed E-state index contributed by atoms with van der Waals surface area (Å²) in [5.74, 6) is 0.847. The average molecular weight is 226 g/mol. The van der Waals surface area contributed by atoms with Crippen LogP contribution in [0.3, 0.4) is 0 Å². The number of hydrogen-bond acceptors (Lipinski definition) is 4. The van der Waals surface area contributed by atoms with Gasteiger partial charge in [-0.2, -0.15) is 20.2 Å². The normalized spacial score (nSPS) is 34.5. The maximum absolute atomic E-state index is 10.9. The summed E-state index contributed by atoms with van der Waals surface area (Å²) < 4.78 is 30.6. The third-order valence-corrected chi connectivity index (χ3v) is 5.15. The van der Waals surface area contributed by atoms with Gasteiger partial charge >= 0.3 is 0 Å². The first-order valence-corrected chi connectivity index (χ1v) is 6.53. The van der Waals surface area contributed by atoms with Crippen LogP contribution in [0.15, 0.2) is 0 Å². The van der Waals surface area contributed by atoms with E-state index >= 15 is 0 Å². The summed E-state index contributed by atoms with van der Waals surface area (Å²) in [6, 6.07) is 0. The second-order valence-corrected chi connectivity index (χ2v) is 6.95. The lowest BCUT2D eigenvalue weighted by atomic mass is 9.88. The average Bonchev–Trinajstić information content (AvgIpc) is 1.80. The van der Waals surface area contributed by atoms with Crippen LogP contribution in [-0.4, -0.2) is 34.5 Å². The van der Waals surface area contributed by atoms with Crippen LogP contribution in [0.2, 0.25) is 0 Å². The second kappa shape index (κ2) is 3.12. The van der Waals surface area contributed by atoms with E-state index in [1.54, 1.807) is 0 Å². The molecular formula is C7H14O4S2. The lowest BCUT2D eigenvalue weighted by Crippen LogP contribution is -2.48. The molecule has 4 nitrogen and oxygen atoms in total. The summed E-state index contributed by atoms with van der Waals surface area (Å²) in [6.07, 6.45) is 0.0891. The Morgan fingerprint density at radius 2 is 1.85 bits per heavy atom. The van der Waals surface area contributed by atoms with E-state index in [1.165, 1.54) is 11.8 Å². The van der Waals surface area contributed by atoms with E-state index in [0.29, 0.717) is 0 Å². The molecule has 0 aromatic rings. The highest BCUT2D eigenvalue weighted by Crippen LogP contribution is 2.41. The highest BCUT2D eigenvalue weighted by atomic mass is 32.2. The summed E-state index contributed by atoms with van der Waals surface area (Å²) >= 11 is 1.35. The molecule has 0 aliphatic carbocycles. The molecule has 1 heterocycles. The number of hydrogen-bond donors (Lipinski definition) is 2. The van der Waals surface area contributed by atoms with E-state index in [4.69, 9.17) is 4.55 Å². The van der Waals surface area contributed by atoms with Crippen LogP contribution < -0.4 is 0 Å². The van der Waals surface area contributed by atoms with Crippen molar-refractivity contribution in [2.75, 3.05) is 11.5 Å². The van der Waals surface area contributed by atoms with E-state index in [2.05, 4.69) is 0 Å². The molecule has 6 heteroatoms. The third-order valence-electron chi connectivity index (χ3n) is 2.06. The molecule has 2 N–H and O–H groups in total. The van der Waals surface area contributed by atoms with Gasteiger partial charge in [0, 0.05) is 5.75 Å². The van der Waals surface area contributed by atoms with Crippen molar-refractivity contribution in [2.24, 2.45) is 5.41 Å². The molecule has 1 rings (SSSR count). The molecular weight excluding hydrogens is 212 g/mol. The van der Waals surface area contributed by atoms with Crippen molar-refractivity contribution in [2.45, 2.75) is 25.2 Å². The van der Waals surface area contributed by atoms with Crippen molar-refractivity contribution in [3.8, 4) is 0 Å². The molecule has 1 fully saturated rings. The van der Waals surface area contributed by atoms with Gasteiger partial charge < -0.3 is 5.11 Å². The first kappa shape index (κ1) is 11.3. The van der Waals surface area contributed by atoms with Gasteiger partial charge in [-0.15, -0.1) is 0 Å². The van der Waals surface area contributed by atoms with Gasteiger partial charge in [0.05, 0.1) is 0 Å². The zero-order valence-electron chi connectivity index (χ0n) is 7.65. The van der Waals surface area contributed by atoms with Gasteiger partial charge in [0.25, 0.3) is 10.1 Å². The lowest BCUT2D eigenvalue weighted by Gasteiger charge is -2.38. The predicted octanol–water partition coefficient (Wildman–Crippen LogP) is 0.726. The number of thioether (sulfide) groups is 1. The SMILES string of the molecule is CC1(C)CSCC(O)(S(=O)(=O)O)C1. The standard InChI is InChI=1S/C7H14O4S2/c1-6(2)3-7(8,5-12-4-6)13(9,10)11/h8H,3-5H2,1-2H3,(H,9,10,11). The lowest BCUT2D eigenvalue weighted by molar-refractivity contribution is 0.0848. The highest BCUT2D eigenvalue weighted by molar-refractivity contribution is 8.00. The van der Waals surface area contributed by atoms with Crippen LogP contribution in [0.1, 0.15) is 20.3 Å². The summed E-state index contributed by atoms with van der Waals surface area (Å²) in [6.45, 7) is 3.74. The minimum absolute atomic E-state index is 0.0509. The van der Waals surface area contributed by atoms with Gasteiger partial charge in [-0.25, -0.2) is 0 Å². The van der Waals surface area contributed by atoms with Gasteiger partial charge in [-0.05, 0) is 17.6 Å². The number of rotatable bonds is 1. The Labute approximate surface area is 82.5 Å². The largest absolute Gasteiger partial charge is 0.372 e. The van der Waals surface area contributed by atoms with Crippen molar-refractivity contribution < 1.29 is 18.1 Å². The van der Waals surface area contributed by atoms with E-state index < -0.39 is 15.1 Å². The van der Waals surface area contributed by atoms with Gasteiger partial charge in [-0.3, -0.25) is 4.55 Å². The zero-order valence-corrected chi connectivity index (χ0v) is 9.28. The molecule has 1 aliphatic heterocycles. The van der Waals surface area contributed by atoms with E-state index in [9.17, 15) is 13.5 Å². The summed E-state index contributed by atoms with van der Waals surface area (Å²) in [5, 5.41) is 9.68. The fourth-order valence-corrected chi connectivity index (χ4v) is 4.10. The highest BCUT2D eigenvalue weighted by Gasteiger charge is 2.48. The van der Waals surface area contributed by atoms with Gasteiger partial charge in [-0.1, -0.05) is 13.8 Å². The van der Waals surface area contributed by atoms with E-state index in [1.807, 2.05) is 13.8 Å². The van der Waals surface area contributed by atoms with Crippen LogP contribution in [0.25, 0.3) is 0 Å². The second-order valence-electron chi connectivity index (χ2n) is 4.26. The molecule has 0 amide bonds. The van der Waals surface area contributed by atoms with E-state index in [0.717, 1.165) is 5.75 Å². The van der Waals surface area contributed by atoms with Crippen LogP contribution in [0.5, 0.6) is 0 Å². The number of aliphatic hydroxyl groups is 1. The summed E-state index contributed by atoms with van der Waals surface area (Å²) in [4.78, 5) is -1.96. The Hall–Kier alpha value is 0.220. The zero-order chi connectivity index (χ0) is 10.3. The Morgan fingerprint density at radius 1 is 1.31 bits per heavy atom. The molecule has 1 unspecified atom stereocenters. The van der Waals surface area contributed by atoms with Crippen molar-refractivity contribution in [1.82, 2.24) is 0 Å². The molecule has 0 aromatic heterocycles. The monoisotopic (exact) mass is 226 g/mol. The first-order valence-electron chi connectivity index (χ1n) is 3.94. The van der Waals surface area contributed by atoms with Gasteiger partial charge in [0.1, 0.15) is 0 Å². The Bertz CT molecular complexity index is 296. The van der Waals surface area contributed by atoms with Crippen molar-refractivity contribution in [1.29, 1.82) is 0 Å². The van der Waals surface area contributed by atoms with Gasteiger partial charge in [0.2, 0.25) is 4.93 Å². The van der Waals surface area contributed by atoms with Crippen LogP contribution in [-0.2, 0) is 10.1 Å². The fourth-order valence-electron chi connectivity index (χ4n) is 1.50. The van der Waals surface area contributed by atoms with Crippen molar-refractivity contribution in [3.05, 3.63) is 0 Å². The molecule has 0 radical (unpaired) electrons. The molecule has 1 atom stereocenters. The maximum Gasteiger partial charge on any atom is 0.295 e. The molecule has 1 saturated heterocycles. The van der Waals surface area contributed by atoms with Crippen LogP contribution >= 0.6 is 11.8 Å². The summed E-state index contributed by atoms with van der Waals surface area (Å²) in [5.41, 5.74) is -0.256. The Kier molecular flexibility index (Phi) is 2.71. The topological polar surface area (TPSA) is 74.6 Å². The molecule has 0 aromatic carbocycles. The Balaban J connectivity index is 2.94. The van der Waals surface area contributed by atoms with Crippen LogP contribution in [0.4, 0.5) is 0 Å². The van der Waals surface area contributed by atoms with Crippen molar-refractivity contribution >= 4 is 21.9 Å². The molecule has 0 spiro atoms. The van der Waals surface area contributed by atoms with Crippen molar-refractivity contribution in [3.63, 3.8) is 0 Å². The third kappa shape index (κ3) is 2.37. The van der Waals surface area contributed by atoms with Crippen LogP contribution in [0, 0.1) is 5.41 Å². The molecule has 0 saturated carbocycles.